The highest BCUT2D eigenvalue weighted by atomic mass is 35.5. The smallest absolute Gasteiger partial charge is 0.265 e. The third-order valence-corrected chi connectivity index (χ3v) is 6.64. The number of rotatable bonds is 7. The van der Waals surface area contributed by atoms with Gasteiger partial charge >= 0.3 is 0 Å². The van der Waals surface area contributed by atoms with Crippen molar-refractivity contribution in [3.8, 4) is 17.6 Å². The lowest BCUT2D eigenvalue weighted by molar-refractivity contribution is -0.152. The van der Waals surface area contributed by atoms with Gasteiger partial charge in [0.15, 0.2) is 5.54 Å². The molecule has 1 amide bonds. The van der Waals surface area contributed by atoms with E-state index in [4.69, 9.17) is 22.1 Å². The van der Waals surface area contributed by atoms with Gasteiger partial charge in [-0.15, -0.1) is 0 Å². The summed E-state index contributed by atoms with van der Waals surface area (Å²) in [6, 6.07) is 12.1. The molecule has 2 aromatic rings. The second kappa shape index (κ2) is 9.49. The number of hydroxylamine groups is 1. The Hall–Kier alpha value is -2.57. The van der Waals surface area contributed by atoms with E-state index in [1.54, 1.807) is 38.1 Å². The second-order valence-corrected chi connectivity index (χ2v) is 9.06. The van der Waals surface area contributed by atoms with Gasteiger partial charge in [0.05, 0.1) is 12.0 Å². The minimum atomic E-state index is -4.47. The summed E-state index contributed by atoms with van der Waals surface area (Å²) < 4.78 is 31.1. The van der Waals surface area contributed by atoms with Crippen molar-refractivity contribution in [2.24, 2.45) is 11.7 Å². The molecule has 0 fully saturated rings. The number of methoxy groups -OCH3 is 1. The fourth-order valence-electron chi connectivity index (χ4n) is 2.83. The Morgan fingerprint density at radius 2 is 1.77 bits per heavy atom. The van der Waals surface area contributed by atoms with E-state index >= 15 is 0 Å². The molecule has 0 aliphatic heterocycles. The Balaban J connectivity index is 2.46. The van der Waals surface area contributed by atoms with Crippen LogP contribution in [0.2, 0.25) is 5.02 Å². The van der Waals surface area contributed by atoms with Crippen molar-refractivity contribution in [2.45, 2.75) is 30.7 Å². The number of primary amides is 1. The number of amides is 1. The molecule has 2 aromatic carbocycles. The summed E-state index contributed by atoms with van der Waals surface area (Å²) >= 11 is 5.85. The molecule has 0 aliphatic carbocycles. The van der Waals surface area contributed by atoms with E-state index in [2.05, 4.69) is 11.8 Å². The Morgan fingerprint density at radius 1 is 1.20 bits per heavy atom. The average molecular weight is 451 g/mol. The molecule has 0 bridgehead atoms. The first-order valence-corrected chi connectivity index (χ1v) is 10.8. The summed E-state index contributed by atoms with van der Waals surface area (Å²) in [5.41, 5.74) is 4.22. The van der Waals surface area contributed by atoms with Crippen molar-refractivity contribution in [2.75, 3.05) is 7.11 Å². The maximum atomic E-state index is 13.0. The lowest BCUT2D eigenvalue weighted by atomic mass is 9.83. The minimum absolute atomic E-state index is 0.0331. The third-order valence-electron chi connectivity index (χ3n) is 4.74. The Kier molecular flexibility index (Phi) is 7.50. The van der Waals surface area contributed by atoms with Crippen LogP contribution in [0.4, 0.5) is 0 Å². The van der Waals surface area contributed by atoms with Gasteiger partial charge in [-0.3, -0.25) is 10.0 Å². The van der Waals surface area contributed by atoms with E-state index in [0.717, 1.165) is 0 Å². The van der Waals surface area contributed by atoms with Crippen molar-refractivity contribution in [3.05, 3.63) is 59.1 Å². The molecule has 0 heterocycles. The first-order chi connectivity index (χ1) is 14.1. The number of sulfonamides is 1. The molecule has 1 atom stereocenters. The van der Waals surface area contributed by atoms with Crippen LogP contribution in [0.15, 0.2) is 53.4 Å². The van der Waals surface area contributed by atoms with E-state index in [1.165, 1.54) is 31.4 Å². The van der Waals surface area contributed by atoms with Gasteiger partial charge in [0.1, 0.15) is 5.75 Å². The summed E-state index contributed by atoms with van der Waals surface area (Å²) in [7, 11) is -3.02. The molecule has 0 aliphatic rings. The number of benzene rings is 2. The second-order valence-electron chi connectivity index (χ2n) is 6.85. The zero-order valence-electron chi connectivity index (χ0n) is 16.8. The third kappa shape index (κ3) is 4.77. The lowest BCUT2D eigenvalue weighted by Crippen LogP contribution is -2.61. The number of hydrogen-bond donors (Lipinski definition) is 2. The highest BCUT2D eigenvalue weighted by Gasteiger charge is 2.51. The summed E-state index contributed by atoms with van der Waals surface area (Å²) in [6.45, 7) is 3.17. The van der Waals surface area contributed by atoms with Gasteiger partial charge in [-0.05, 0) is 54.4 Å². The summed E-state index contributed by atoms with van der Waals surface area (Å²) in [6.07, 6.45) is -0.311. The molecule has 2 rings (SSSR count). The Morgan fingerprint density at radius 3 is 2.23 bits per heavy atom. The molecule has 30 heavy (non-hydrogen) atoms. The van der Waals surface area contributed by atoms with E-state index in [1.807, 2.05) is 0 Å². The molecule has 0 saturated heterocycles. The van der Waals surface area contributed by atoms with E-state index < -0.39 is 27.4 Å². The normalized spacial score (nSPS) is 13.4. The molecule has 0 unspecified atom stereocenters. The van der Waals surface area contributed by atoms with Gasteiger partial charge in [-0.25, -0.2) is 8.42 Å². The highest BCUT2D eigenvalue weighted by molar-refractivity contribution is 7.89. The quantitative estimate of drug-likeness (QED) is 0.497. The van der Waals surface area contributed by atoms with Crippen molar-refractivity contribution < 1.29 is 23.2 Å². The minimum Gasteiger partial charge on any atom is -0.497 e. The van der Waals surface area contributed by atoms with E-state index in [0.29, 0.717) is 16.3 Å². The maximum absolute atomic E-state index is 13.0. The van der Waals surface area contributed by atoms with Crippen molar-refractivity contribution in [3.63, 3.8) is 0 Å². The van der Waals surface area contributed by atoms with E-state index in [-0.39, 0.29) is 15.8 Å². The summed E-state index contributed by atoms with van der Waals surface area (Å²) in [5, 5.41) is 11.3. The Bertz CT molecular complexity index is 1060. The average Bonchev–Trinajstić information content (AvgIpc) is 2.71. The van der Waals surface area contributed by atoms with Gasteiger partial charge < -0.3 is 10.5 Å². The van der Waals surface area contributed by atoms with Gasteiger partial charge in [0, 0.05) is 17.0 Å². The molecule has 0 saturated carbocycles. The molecule has 0 radical (unpaired) electrons. The lowest BCUT2D eigenvalue weighted by Gasteiger charge is -2.38. The number of carbonyl (C=O) groups excluding carboxylic acids is 1. The van der Waals surface area contributed by atoms with Crippen molar-refractivity contribution in [1.82, 2.24) is 4.47 Å². The van der Waals surface area contributed by atoms with Crippen LogP contribution in [0.1, 0.15) is 25.8 Å². The SMILES string of the molecule is COc1ccc(S(=O)(=O)N(O)[C@](CC#Cc2ccc(Cl)cc2)(C(N)=O)C(C)C)cc1. The maximum Gasteiger partial charge on any atom is 0.265 e. The van der Waals surface area contributed by atoms with Crippen molar-refractivity contribution in [1.29, 1.82) is 0 Å². The highest BCUT2D eigenvalue weighted by Crippen LogP contribution is 2.32. The predicted octanol–water partition coefficient (Wildman–Crippen LogP) is 3.05. The molecular formula is C21H23ClN2O5S. The number of halogens is 1. The first kappa shape index (κ1) is 23.7. The molecular weight excluding hydrogens is 428 g/mol. The number of carbonyl (C=O) groups is 1. The number of nitrogens with zero attached hydrogens (tertiary/aromatic N) is 1. The monoisotopic (exact) mass is 450 g/mol. The number of ether oxygens (including phenoxy) is 1. The van der Waals surface area contributed by atoms with Crippen LogP contribution in [0.25, 0.3) is 0 Å². The summed E-state index contributed by atoms with van der Waals surface area (Å²) in [4.78, 5) is 12.2. The van der Waals surface area contributed by atoms with Crippen LogP contribution in [-0.2, 0) is 14.8 Å². The molecule has 0 spiro atoms. The predicted molar refractivity (Wildman–Crippen MR) is 114 cm³/mol. The molecule has 160 valence electrons. The number of nitrogens with two attached hydrogens (primary N) is 1. The Labute approximate surface area is 181 Å². The van der Waals surface area contributed by atoms with Crippen LogP contribution in [-0.4, -0.2) is 36.6 Å². The summed E-state index contributed by atoms with van der Waals surface area (Å²) in [5.74, 6) is 4.36. The molecule has 3 N–H and O–H groups in total. The first-order valence-electron chi connectivity index (χ1n) is 8.98. The topological polar surface area (TPSA) is 110 Å². The zero-order valence-corrected chi connectivity index (χ0v) is 18.4. The zero-order chi connectivity index (χ0) is 22.5. The fraction of sp³-hybridized carbons (Fsp3) is 0.286. The van der Waals surface area contributed by atoms with Crippen LogP contribution >= 0.6 is 11.6 Å². The van der Waals surface area contributed by atoms with Gasteiger partial charge in [0.25, 0.3) is 10.0 Å². The molecule has 9 heteroatoms. The largest absolute Gasteiger partial charge is 0.497 e. The standard InChI is InChI=1S/C21H23ClN2O5S/c1-15(2)21(20(23)25,14-4-5-16-6-8-17(22)9-7-16)24(26)30(27,28)19-12-10-18(29-3)11-13-19/h6-13,15,26H,14H2,1-3H3,(H2,23,25)/t21-/m0/s1. The van der Waals surface area contributed by atoms with Gasteiger partial charge in [-0.2, -0.15) is 0 Å². The molecule has 0 aromatic heterocycles. The fourth-order valence-corrected chi connectivity index (χ4v) is 4.43. The van der Waals surface area contributed by atoms with E-state index in [9.17, 15) is 18.4 Å². The van der Waals surface area contributed by atoms with Crippen LogP contribution < -0.4 is 10.5 Å². The van der Waals surface area contributed by atoms with Gasteiger partial charge in [0.2, 0.25) is 5.91 Å². The number of hydrogen-bond acceptors (Lipinski definition) is 5. The molecule has 7 nitrogen and oxygen atoms in total. The van der Waals surface area contributed by atoms with Crippen molar-refractivity contribution >= 4 is 27.5 Å². The van der Waals surface area contributed by atoms with Crippen LogP contribution in [0, 0.1) is 17.8 Å². The van der Waals surface area contributed by atoms with Crippen LogP contribution in [0.5, 0.6) is 5.75 Å². The van der Waals surface area contributed by atoms with Gasteiger partial charge in [-0.1, -0.05) is 41.8 Å². The van der Waals surface area contributed by atoms with Crippen LogP contribution in [0.3, 0.4) is 0 Å².